The summed E-state index contributed by atoms with van der Waals surface area (Å²) in [5.74, 6) is 2.45. The van der Waals surface area contributed by atoms with Crippen LogP contribution in [0.1, 0.15) is 17.3 Å². The first-order chi connectivity index (χ1) is 8.36. The third-order valence-corrected chi connectivity index (χ3v) is 2.32. The predicted molar refractivity (Wildman–Crippen MR) is 62.8 cm³/mol. The fraction of sp³-hybridized carbons (Fsp3) is 0.364. The van der Waals surface area contributed by atoms with Gasteiger partial charge in [0, 0.05) is 19.2 Å². The first kappa shape index (κ1) is 14.3. The molecule has 1 aromatic carbocycles. The molecule has 0 bridgehead atoms. The largest absolute Gasteiger partial charge is 0.392 e. The van der Waals surface area contributed by atoms with Crippen molar-refractivity contribution >= 4 is 11.6 Å². The third kappa shape index (κ3) is 3.14. The van der Waals surface area contributed by atoms with Crippen molar-refractivity contribution in [2.75, 3.05) is 19.0 Å². The first-order valence-corrected chi connectivity index (χ1v) is 5.26. The smallest absolute Gasteiger partial charge is 0.253 e. The van der Waals surface area contributed by atoms with Crippen LogP contribution in [0.25, 0.3) is 0 Å². The first-order valence-electron chi connectivity index (χ1n) is 5.26. The summed E-state index contributed by atoms with van der Waals surface area (Å²) < 4.78 is 26.8. The zero-order valence-corrected chi connectivity index (χ0v) is 10.1. The molecule has 0 saturated heterocycles. The van der Waals surface area contributed by atoms with Crippen LogP contribution in [0.4, 0.5) is 14.5 Å². The zero-order valence-electron chi connectivity index (χ0n) is 10.1. The van der Waals surface area contributed by atoms with Crippen molar-refractivity contribution in [1.29, 1.82) is 0 Å². The highest BCUT2D eigenvalue weighted by Crippen LogP contribution is 2.20. The molecule has 0 heterocycles. The van der Waals surface area contributed by atoms with Crippen molar-refractivity contribution < 1.29 is 18.7 Å². The number of aliphatic hydroxyl groups excluding tert-OH is 1. The summed E-state index contributed by atoms with van der Waals surface area (Å²) in [4.78, 5) is 13.0. The summed E-state index contributed by atoms with van der Waals surface area (Å²) in [6, 6.07) is 1.78. The molecule has 0 aliphatic carbocycles. The Balaban J connectivity index is 3.00. The molecule has 0 aliphatic heterocycles. The van der Waals surface area contributed by atoms with Crippen molar-refractivity contribution in [1.82, 2.24) is 4.90 Å². The number of nitrogens with zero attached hydrogens (tertiary/aromatic N) is 1. The SMILES string of the molecule is CC(O)CN(C)C(=O)c1cc(F)c(NN)c(F)c1. The van der Waals surface area contributed by atoms with E-state index >= 15 is 0 Å². The van der Waals surface area contributed by atoms with E-state index in [4.69, 9.17) is 10.9 Å². The van der Waals surface area contributed by atoms with Crippen molar-refractivity contribution in [3.8, 4) is 0 Å². The number of hydrazine groups is 1. The summed E-state index contributed by atoms with van der Waals surface area (Å²) in [6.07, 6.45) is -0.723. The molecule has 1 rings (SSSR count). The van der Waals surface area contributed by atoms with E-state index < -0.39 is 29.3 Å². The molecule has 1 atom stereocenters. The Labute approximate surface area is 103 Å². The van der Waals surface area contributed by atoms with Gasteiger partial charge in [-0.25, -0.2) is 8.78 Å². The van der Waals surface area contributed by atoms with Gasteiger partial charge in [0.05, 0.1) is 6.10 Å². The monoisotopic (exact) mass is 259 g/mol. The van der Waals surface area contributed by atoms with Crippen molar-refractivity contribution in [3.05, 3.63) is 29.3 Å². The van der Waals surface area contributed by atoms with E-state index in [0.717, 1.165) is 12.1 Å². The molecule has 7 heteroatoms. The highest BCUT2D eigenvalue weighted by atomic mass is 19.1. The van der Waals surface area contributed by atoms with E-state index in [2.05, 4.69) is 0 Å². The summed E-state index contributed by atoms with van der Waals surface area (Å²) in [7, 11) is 1.43. The second kappa shape index (κ2) is 5.74. The van der Waals surface area contributed by atoms with E-state index in [-0.39, 0.29) is 12.1 Å². The molecule has 0 radical (unpaired) electrons. The molecule has 0 saturated carbocycles. The van der Waals surface area contributed by atoms with Crippen LogP contribution >= 0.6 is 0 Å². The molecule has 0 aliphatic rings. The zero-order chi connectivity index (χ0) is 13.9. The minimum atomic E-state index is -0.953. The van der Waals surface area contributed by atoms with Gasteiger partial charge < -0.3 is 15.4 Å². The minimum Gasteiger partial charge on any atom is -0.392 e. The maximum Gasteiger partial charge on any atom is 0.253 e. The number of rotatable bonds is 4. The van der Waals surface area contributed by atoms with Crippen molar-refractivity contribution in [3.63, 3.8) is 0 Å². The molecular formula is C11H15F2N3O2. The number of aliphatic hydroxyl groups is 1. The molecule has 0 spiro atoms. The Bertz CT molecular complexity index is 429. The van der Waals surface area contributed by atoms with Crippen LogP contribution in [0.2, 0.25) is 0 Å². The molecule has 1 unspecified atom stereocenters. The van der Waals surface area contributed by atoms with Gasteiger partial charge in [0.1, 0.15) is 5.69 Å². The Morgan fingerprint density at radius 1 is 1.50 bits per heavy atom. The fourth-order valence-corrected chi connectivity index (χ4v) is 1.53. The van der Waals surface area contributed by atoms with Crippen LogP contribution in [-0.2, 0) is 0 Å². The van der Waals surface area contributed by atoms with Gasteiger partial charge in [0.2, 0.25) is 0 Å². The number of hydrogen-bond acceptors (Lipinski definition) is 4. The second-order valence-electron chi connectivity index (χ2n) is 3.99. The van der Waals surface area contributed by atoms with Crippen LogP contribution in [0.3, 0.4) is 0 Å². The van der Waals surface area contributed by atoms with E-state index in [9.17, 15) is 13.6 Å². The number of benzene rings is 1. The summed E-state index contributed by atoms with van der Waals surface area (Å²) in [6.45, 7) is 1.57. The number of anilines is 1. The van der Waals surface area contributed by atoms with Crippen LogP contribution < -0.4 is 11.3 Å². The highest BCUT2D eigenvalue weighted by Gasteiger charge is 2.18. The molecule has 18 heavy (non-hydrogen) atoms. The van der Waals surface area contributed by atoms with Gasteiger partial charge in [0.25, 0.3) is 5.91 Å². The van der Waals surface area contributed by atoms with Crippen molar-refractivity contribution in [2.45, 2.75) is 13.0 Å². The molecule has 0 fully saturated rings. The topological polar surface area (TPSA) is 78.6 Å². The number of nitrogens with two attached hydrogens (primary N) is 1. The van der Waals surface area contributed by atoms with Gasteiger partial charge in [-0.15, -0.1) is 0 Å². The molecule has 1 amide bonds. The Kier molecular flexibility index (Phi) is 4.57. The fourth-order valence-electron chi connectivity index (χ4n) is 1.53. The normalized spacial score (nSPS) is 12.1. The number of carbonyl (C=O) groups excluding carboxylic acids is 1. The molecular weight excluding hydrogens is 244 g/mol. The average molecular weight is 259 g/mol. The van der Waals surface area contributed by atoms with Gasteiger partial charge in [-0.3, -0.25) is 10.6 Å². The lowest BCUT2D eigenvalue weighted by molar-refractivity contribution is 0.0703. The molecule has 0 aromatic heterocycles. The standard InChI is InChI=1S/C11H15F2N3O2/c1-6(17)5-16(2)11(18)7-3-8(12)10(15-14)9(13)4-7/h3-4,6,15,17H,5,14H2,1-2H3. The lowest BCUT2D eigenvalue weighted by Crippen LogP contribution is -2.33. The number of nitrogens with one attached hydrogen (secondary N) is 1. The molecule has 1 aromatic rings. The molecule has 5 nitrogen and oxygen atoms in total. The number of halogens is 2. The molecule has 4 N–H and O–H groups in total. The number of carbonyl (C=O) groups is 1. The van der Waals surface area contributed by atoms with Crippen LogP contribution in [-0.4, -0.2) is 35.6 Å². The third-order valence-electron chi connectivity index (χ3n) is 2.32. The van der Waals surface area contributed by atoms with E-state index in [1.54, 1.807) is 0 Å². The van der Waals surface area contributed by atoms with Gasteiger partial charge in [-0.2, -0.15) is 0 Å². The van der Waals surface area contributed by atoms with Crippen LogP contribution in [0, 0.1) is 11.6 Å². The Hall–Kier alpha value is -1.73. The molecule has 100 valence electrons. The van der Waals surface area contributed by atoms with Gasteiger partial charge >= 0.3 is 0 Å². The quantitative estimate of drug-likeness (QED) is 0.549. The number of amides is 1. The van der Waals surface area contributed by atoms with Gasteiger partial charge in [-0.05, 0) is 19.1 Å². The van der Waals surface area contributed by atoms with Crippen molar-refractivity contribution in [2.24, 2.45) is 5.84 Å². The van der Waals surface area contributed by atoms with Gasteiger partial charge in [-0.1, -0.05) is 0 Å². The number of hydrogen-bond donors (Lipinski definition) is 3. The second-order valence-corrected chi connectivity index (χ2v) is 3.99. The Morgan fingerprint density at radius 2 is 2.00 bits per heavy atom. The summed E-state index contributed by atoms with van der Waals surface area (Å²) >= 11 is 0. The minimum absolute atomic E-state index is 0.0684. The highest BCUT2D eigenvalue weighted by molar-refractivity contribution is 5.94. The maximum atomic E-state index is 13.4. The lowest BCUT2D eigenvalue weighted by Gasteiger charge is -2.19. The number of nitrogen functional groups attached to an aromatic ring is 1. The lowest BCUT2D eigenvalue weighted by atomic mass is 10.1. The van der Waals surface area contributed by atoms with Crippen LogP contribution in [0.15, 0.2) is 12.1 Å². The van der Waals surface area contributed by atoms with E-state index in [1.807, 2.05) is 5.43 Å². The maximum absolute atomic E-state index is 13.4. The van der Waals surface area contributed by atoms with E-state index in [0.29, 0.717) is 0 Å². The summed E-state index contributed by atoms with van der Waals surface area (Å²) in [5, 5.41) is 9.14. The number of likely N-dealkylation sites (N-methyl/N-ethyl adjacent to an activating group) is 1. The van der Waals surface area contributed by atoms with E-state index in [1.165, 1.54) is 18.9 Å². The predicted octanol–water partition coefficient (Wildman–Crippen LogP) is 0.703. The Morgan fingerprint density at radius 3 is 2.39 bits per heavy atom. The average Bonchev–Trinajstić information content (AvgIpc) is 2.26. The van der Waals surface area contributed by atoms with Gasteiger partial charge in [0.15, 0.2) is 11.6 Å². The summed E-state index contributed by atoms with van der Waals surface area (Å²) in [5.41, 5.74) is 1.23. The van der Waals surface area contributed by atoms with Crippen LogP contribution in [0.5, 0.6) is 0 Å².